The molecule has 1 aromatic rings. The van der Waals surface area contributed by atoms with Crippen LogP contribution in [0.2, 0.25) is 0 Å². The Balaban J connectivity index is 1.67. The van der Waals surface area contributed by atoms with Crippen LogP contribution < -0.4 is 0 Å². The Morgan fingerprint density at radius 2 is 1.83 bits per heavy atom. The van der Waals surface area contributed by atoms with Crippen molar-refractivity contribution in [2.24, 2.45) is 5.41 Å². The Morgan fingerprint density at radius 1 is 1.17 bits per heavy atom. The minimum absolute atomic E-state index is 0.153. The number of rotatable bonds is 1. The number of benzene rings is 1. The molecule has 24 heavy (non-hydrogen) atoms. The molecule has 1 atom stereocenters. The van der Waals surface area contributed by atoms with E-state index >= 15 is 0 Å². The lowest BCUT2D eigenvalue weighted by Crippen LogP contribution is -2.50. The fraction of sp³-hybridized carbons (Fsp3) is 0.667. The summed E-state index contributed by atoms with van der Waals surface area (Å²) in [5.74, 6) is 0.665. The van der Waals surface area contributed by atoms with E-state index in [0.717, 1.165) is 25.9 Å². The lowest BCUT2D eigenvalue weighted by Gasteiger charge is -2.54. The number of aryl methyl sites for hydroxylation is 2. The Bertz CT molecular complexity index is 621. The largest absolute Gasteiger partial charge is 0.444 e. The Morgan fingerprint density at radius 3 is 2.38 bits per heavy atom. The number of carbonyl (C=O) groups is 1. The van der Waals surface area contributed by atoms with Gasteiger partial charge in [-0.25, -0.2) is 4.79 Å². The van der Waals surface area contributed by atoms with Gasteiger partial charge < -0.3 is 9.64 Å². The molecule has 1 spiro atoms. The van der Waals surface area contributed by atoms with Crippen LogP contribution >= 0.6 is 0 Å². The van der Waals surface area contributed by atoms with Crippen LogP contribution in [-0.2, 0) is 4.74 Å². The molecule has 2 fully saturated rings. The van der Waals surface area contributed by atoms with Crippen molar-refractivity contribution in [3.8, 4) is 0 Å². The van der Waals surface area contributed by atoms with Gasteiger partial charge in [0.25, 0.3) is 0 Å². The molecule has 1 aromatic carbocycles. The van der Waals surface area contributed by atoms with E-state index < -0.39 is 5.60 Å². The van der Waals surface area contributed by atoms with Crippen LogP contribution in [0.5, 0.6) is 0 Å². The van der Waals surface area contributed by atoms with Gasteiger partial charge in [-0.05, 0) is 82.8 Å². The highest BCUT2D eigenvalue weighted by molar-refractivity contribution is 5.68. The van der Waals surface area contributed by atoms with E-state index in [1.807, 2.05) is 25.7 Å². The van der Waals surface area contributed by atoms with Crippen molar-refractivity contribution in [2.45, 2.75) is 71.8 Å². The van der Waals surface area contributed by atoms with E-state index in [9.17, 15) is 4.79 Å². The van der Waals surface area contributed by atoms with E-state index in [-0.39, 0.29) is 6.09 Å². The average Bonchev–Trinajstić information content (AvgIpc) is 2.48. The normalized spacial score (nSPS) is 23.0. The van der Waals surface area contributed by atoms with Crippen molar-refractivity contribution in [1.29, 1.82) is 0 Å². The zero-order chi connectivity index (χ0) is 17.5. The first-order chi connectivity index (χ1) is 11.2. The van der Waals surface area contributed by atoms with E-state index in [4.69, 9.17) is 4.74 Å². The minimum Gasteiger partial charge on any atom is -0.444 e. The summed E-state index contributed by atoms with van der Waals surface area (Å²) in [6, 6.07) is 6.84. The first kappa shape index (κ1) is 17.3. The standard InChI is InChI=1S/C21H31NO2/c1-15-6-7-16(2)17(14-15)18-8-9-21(18)10-12-22(13-11-21)19(23)24-20(3,4)5/h6-7,14,18H,8-13H2,1-5H3. The first-order valence-corrected chi connectivity index (χ1v) is 9.25. The second-order valence-corrected chi connectivity index (χ2v) is 8.78. The summed E-state index contributed by atoms with van der Waals surface area (Å²) in [6.07, 6.45) is 4.64. The third kappa shape index (κ3) is 3.31. The van der Waals surface area contributed by atoms with Crippen LogP contribution in [0.15, 0.2) is 18.2 Å². The third-order valence-corrected chi connectivity index (χ3v) is 5.89. The quantitative estimate of drug-likeness (QED) is 0.709. The predicted octanol–water partition coefficient (Wildman–Crippen LogP) is 5.20. The summed E-state index contributed by atoms with van der Waals surface area (Å²) in [7, 11) is 0. The Kier molecular flexibility index (Phi) is 4.39. The van der Waals surface area contributed by atoms with Crippen LogP contribution in [0, 0.1) is 19.3 Å². The van der Waals surface area contributed by atoms with E-state index in [2.05, 4.69) is 32.0 Å². The molecule has 1 unspecified atom stereocenters. The van der Waals surface area contributed by atoms with E-state index in [1.165, 1.54) is 29.5 Å². The second-order valence-electron chi connectivity index (χ2n) is 8.78. The molecule has 1 aliphatic heterocycles. The van der Waals surface area contributed by atoms with Crippen molar-refractivity contribution in [2.75, 3.05) is 13.1 Å². The Labute approximate surface area is 146 Å². The molecule has 3 nitrogen and oxygen atoms in total. The summed E-state index contributed by atoms with van der Waals surface area (Å²) in [6.45, 7) is 11.9. The molecule has 1 amide bonds. The summed E-state index contributed by atoms with van der Waals surface area (Å²) < 4.78 is 5.53. The maximum absolute atomic E-state index is 12.3. The van der Waals surface area contributed by atoms with Crippen LogP contribution in [0.1, 0.15) is 69.1 Å². The summed E-state index contributed by atoms with van der Waals surface area (Å²) in [5.41, 5.74) is 4.29. The van der Waals surface area contributed by atoms with Gasteiger partial charge in [-0.3, -0.25) is 0 Å². The third-order valence-electron chi connectivity index (χ3n) is 5.89. The maximum Gasteiger partial charge on any atom is 0.410 e. The second kappa shape index (κ2) is 6.09. The molecule has 0 bridgehead atoms. The number of piperidine rings is 1. The highest BCUT2D eigenvalue weighted by Crippen LogP contribution is 2.59. The summed E-state index contributed by atoms with van der Waals surface area (Å²) in [5, 5.41) is 0. The van der Waals surface area contributed by atoms with Crippen molar-refractivity contribution in [1.82, 2.24) is 4.90 Å². The van der Waals surface area contributed by atoms with Gasteiger partial charge in [-0.2, -0.15) is 0 Å². The molecule has 0 radical (unpaired) electrons. The van der Waals surface area contributed by atoms with Crippen molar-refractivity contribution in [3.05, 3.63) is 34.9 Å². The highest BCUT2D eigenvalue weighted by Gasteiger charge is 2.49. The number of carbonyl (C=O) groups excluding carboxylic acids is 1. The zero-order valence-corrected chi connectivity index (χ0v) is 15.8. The topological polar surface area (TPSA) is 29.5 Å². The lowest BCUT2D eigenvalue weighted by molar-refractivity contribution is -0.0167. The molecule has 2 aliphatic rings. The highest BCUT2D eigenvalue weighted by atomic mass is 16.6. The van der Waals surface area contributed by atoms with Crippen LogP contribution in [0.25, 0.3) is 0 Å². The monoisotopic (exact) mass is 329 g/mol. The van der Waals surface area contributed by atoms with E-state index in [0.29, 0.717) is 11.3 Å². The summed E-state index contributed by atoms with van der Waals surface area (Å²) >= 11 is 0. The molecule has 1 saturated heterocycles. The van der Waals surface area contributed by atoms with Crippen molar-refractivity contribution in [3.63, 3.8) is 0 Å². The SMILES string of the molecule is Cc1ccc(C)c(C2CCC23CCN(C(=O)OC(C)(C)C)CC3)c1. The Hall–Kier alpha value is -1.51. The van der Waals surface area contributed by atoms with Gasteiger partial charge in [-0.15, -0.1) is 0 Å². The molecule has 1 saturated carbocycles. The zero-order valence-electron chi connectivity index (χ0n) is 15.8. The van der Waals surface area contributed by atoms with Gasteiger partial charge in [0, 0.05) is 13.1 Å². The van der Waals surface area contributed by atoms with Gasteiger partial charge in [0.05, 0.1) is 0 Å². The van der Waals surface area contributed by atoms with Crippen LogP contribution in [0.4, 0.5) is 4.79 Å². The van der Waals surface area contributed by atoms with Gasteiger partial charge in [0.15, 0.2) is 0 Å². The average molecular weight is 329 g/mol. The minimum atomic E-state index is -0.413. The molecule has 0 aromatic heterocycles. The van der Waals surface area contributed by atoms with Crippen LogP contribution in [0.3, 0.4) is 0 Å². The molecule has 0 N–H and O–H groups in total. The maximum atomic E-state index is 12.3. The predicted molar refractivity (Wildman–Crippen MR) is 97.4 cm³/mol. The molecule has 132 valence electrons. The summed E-state index contributed by atoms with van der Waals surface area (Å²) in [4.78, 5) is 14.2. The molecule has 1 aliphatic carbocycles. The number of hydrogen-bond acceptors (Lipinski definition) is 2. The molecule has 1 heterocycles. The van der Waals surface area contributed by atoms with Gasteiger partial charge in [-0.1, -0.05) is 23.8 Å². The fourth-order valence-corrected chi connectivity index (χ4v) is 4.38. The van der Waals surface area contributed by atoms with Gasteiger partial charge >= 0.3 is 6.09 Å². The fourth-order valence-electron chi connectivity index (χ4n) is 4.38. The van der Waals surface area contributed by atoms with E-state index in [1.54, 1.807) is 0 Å². The lowest BCUT2D eigenvalue weighted by atomic mass is 9.53. The number of likely N-dealkylation sites (tertiary alicyclic amines) is 1. The number of ether oxygens (including phenoxy) is 1. The first-order valence-electron chi connectivity index (χ1n) is 9.25. The molecular weight excluding hydrogens is 298 g/mol. The molecule has 3 rings (SSSR count). The van der Waals surface area contributed by atoms with Crippen LogP contribution in [-0.4, -0.2) is 29.7 Å². The van der Waals surface area contributed by atoms with Crippen molar-refractivity contribution >= 4 is 6.09 Å². The smallest absolute Gasteiger partial charge is 0.410 e. The number of hydrogen-bond donors (Lipinski definition) is 0. The molecular formula is C21H31NO2. The number of nitrogens with zero attached hydrogens (tertiary/aromatic N) is 1. The van der Waals surface area contributed by atoms with Gasteiger partial charge in [0.2, 0.25) is 0 Å². The van der Waals surface area contributed by atoms with Gasteiger partial charge in [0.1, 0.15) is 5.60 Å². The molecule has 3 heteroatoms. The van der Waals surface area contributed by atoms with Crippen molar-refractivity contribution < 1.29 is 9.53 Å². The number of amides is 1.